The van der Waals surface area contributed by atoms with Crippen LogP contribution in [0.3, 0.4) is 0 Å². The van der Waals surface area contributed by atoms with E-state index in [-0.39, 0.29) is 5.56 Å². The molecule has 2 aliphatic rings. The molecule has 0 radical (unpaired) electrons. The number of rotatable bonds is 2. The molecule has 0 saturated carbocycles. The predicted octanol–water partition coefficient (Wildman–Crippen LogP) is 3.62. The molecule has 18 heavy (non-hydrogen) atoms. The van der Waals surface area contributed by atoms with Gasteiger partial charge in [-0.3, -0.25) is 0 Å². The maximum atomic E-state index is 14.6. The minimum atomic E-state index is -2.69. The summed E-state index contributed by atoms with van der Waals surface area (Å²) in [6.45, 7) is 1.78. The fourth-order valence-electron chi connectivity index (χ4n) is 3.52. The zero-order chi connectivity index (χ0) is 12.8. The number of benzene rings is 1. The fraction of sp³-hybridized carbons (Fsp3) is 0.600. The van der Waals surface area contributed by atoms with Crippen molar-refractivity contribution in [1.29, 1.82) is 0 Å². The van der Waals surface area contributed by atoms with Gasteiger partial charge in [-0.25, -0.2) is 8.78 Å². The molecule has 2 heterocycles. The van der Waals surface area contributed by atoms with Crippen molar-refractivity contribution in [2.24, 2.45) is 5.92 Å². The van der Waals surface area contributed by atoms with Crippen LogP contribution in [0.15, 0.2) is 24.3 Å². The monoisotopic (exact) mass is 251 g/mol. The van der Waals surface area contributed by atoms with Gasteiger partial charge in [0, 0.05) is 23.6 Å². The Kier molecular flexibility index (Phi) is 2.89. The van der Waals surface area contributed by atoms with Crippen molar-refractivity contribution in [2.75, 3.05) is 0 Å². The van der Waals surface area contributed by atoms with Crippen LogP contribution in [0, 0.1) is 12.8 Å². The van der Waals surface area contributed by atoms with Crippen molar-refractivity contribution in [1.82, 2.24) is 5.32 Å². The zero-order valence-electron chi connectivity index (χ0n) is 10.6. The number of nitrogens with one attached hydrogen (secondary N) is 1. The predicted molar refractivity (Wildman–Crippen MR) is 67.7 cm³/mol. The van der Waals surface area contributed by atoms with Crippen LogP contribution < -0.4 is 5.32 Å². The molecule has 1 N–H and O–H groups in total. The maximum absolute atomic E-state index is 14.6. The van der Waals surface area contributed by atoms with Crippen LogP contribution in [0.5, 0.6) is 0 Å². The van der Waals surface area contributed by atoms with E-state index in [0.717, 1.165) is 12.8 Å². The molecule has 3 heteroatoms. The third kappa shape index (κ3) is 1.95. The molecule has 0 spiro atoms. The van der Waals surface area contributed by atoms with Gasteiger partial charge in [0.1, 0.15) is 0 Å². The summed E-state index contributed by atoms with van der Waals surface area (Å²) in [5, 5.41) is 3.43. The van der Waals surface area contributed by atoms with Crippen LogP contribution in [0.4, 0.5) is 8.78 Å². The molecular weight excluding hydrogens is 232 g/mol. The topological polar surface area (TPSA) is 12.0 Å². The van der Waals surface area contributed by atoms with Crippen LogP contribution in [-0.2, 0) is 5.92 Å². The Hall–Kier alpha value is -0.960. The largest absolute Gasteiger partial charge is 0.311 e. The molecule has 1 aromatic carbocycles. The second-order valence-corrected chi connectivity index (χ2v) is 5.74. The Labute approximate surface area is 107 Å². The quantitative estimate of drug-likeness (QED) is 0.846. The number of hydrogen-bond donors (Lipinski definition) is 1. The summed E-state index contributed by atoms with van der Waals surface area (Å²) >= 11 is 0. The molecule has 2 saturated heterocycles. The standard InChI is InChI=1S/C15H19F2N/c1-10-4-2-3-5-14(10)15(16,17)11-8-12-6-7-13(9-11)18-12/h2-5,11-13,18H,6-9H2,1H3. The average molecular weight is 251 g/mol. The first-order chi connectivity index (χ1) is 8.57. The van der Waals surface area contributed by atoms with E-state index in [2.05, 4.69) is 5.32 Å². The fourth-order valence-corrected chi connectivity index (χ4v) is 3.52. The van der Waals surface area contributed by atoms with E-state index in [1.54, 1.807) is 25.1 Å². The second kappa shape index (κ2) is 4.30. The molecule has 2 unspecified atom stereocenters. The van der Waals surface area contributed by atoms with E-state index < -0.39 is 11.8 Å². The molecule has 2 fully saturated rings. The molecule has 2 atom stereocenters. The Morgan fingerprint density at radius 3 is 2.33 bits per heavy atom. The third-order valence-corrected chi connectivity index (χ3v) is 4.49. The summed E-state index contributed by atoms with van der Waals surface area (Å²) in [5.41, 5.74) is 0.921. The van der Waals surface area contributed by atoms with Gasteiger partial charge in [-0.15, -0.1) is 0 Å². The van der Waals surface area contributed by atoms with Gasteiger partial charge in [0.15, 0.2) is 0 Å². The lowest BCUT2D eigenvalue weighted by Gasteiger charge is -2.35. The number of halogens is 2. The minimum Gasteiger partial charge on any atom is -0.311 e. The van der Waals surface area contributed by atoms with Gasteiger partial charge in [-0.2, -0.15) is 0 Å². The number of aryl methyl sites for hydroxylation is 1. The maximum Gasteiger partial charge on any atom is 0.276 e. The second-order valence-electron chi connectivity index (χ2n) is 5.74. The highest BCUT2D eigenvalue weighted by molar-refractivity contribution is 5.30. The summed E-state index contributed by atoms with van der Waals surface area (Å²) in [6, 6.07) is 7.51. The van der Waals surface area contributed by atoms with Crippen LogP contribution in [0.2, 0.25) is 0 Å². The number of hydrogen-bond acceptors (Lipinski definition) is 1. The molecule has 0 aromatic heterocycles. The van der Waals surface area contributed by atoms with Crippen molar-refractivity contribution < 1.29 is 8.78 Å². The van der Waals surface area contributed by atoms with E-state index >= 15 is 0 Å². The van der Waals surface area contributed by atoms with Gasteiger partial charge in [-0.1, -0.05) is 24.3 Å². The van der Waals surface area contributed by atoms with E-state index in [9.17, 15) is 8.78 Å². The molecule has 3 rings (SSSR count). The molecule has 2 bridgehead atoms. The van der Waals surface area contributed by atoms with E-state index in [1.807, 2.05) is 6.07 Å². The number of fused-ring (bicyclic) bond motifs is 2. The van der Waals surface area contributed by atoms with Gasteiger partial charge in [0.2, 0.25) is 0 Å². The highest BCUT2D eigenvalue weighted by Crippen LogP contribution is 2.46. The van der Waals surface area contributed by atoms with Crippen molar-refractivity contribution >= 4 is 0 Å². The van der Waals surface area contributed by atoms with Gasteiger partial charge >= 0.3 is 0 Å². The molecular formula is C15H19F2N. The molecule has 1 nitrogen and oxygen atoms in total. The summed E-state index contributed by atoms with van der Waals surface area (Å²) in [4.78, 5) is 0. The van der Waals surface area contributed by atoms with Crippen LogP contribution in [0.25, 0.3) is 0 Å². The number of piperidine rings is 1. The lowest BCUT2D eigenvalue weighted by Crippen LogP contribution is -2.43. The average Bonchev–Trinajstić information content (AvgIpc) is 2.68. The molecule has 98 valence electrons. The van der Waals surface area contributed by atoms with Gasteiger partial charge < -0.3 is 5.32 Å². The van der Waals surface area contributed by atoms with Gasteiger partial charge in [0.25, 0.3) is 5.92 Å². The van der Waals surface area contributed by atoms with Crippen LogP contribution in [0.1, 0.15) is 36.8 Å². The molecule has 2 aliphatic heterocycles. The van der Waals surface area contributed by atoms with Crippen LogP contribution >= 0.6 is 0 Å². The van der Waals surface area contributed by atoms with E-state index in [1.165, 1.54) is 0 Å². The highest BCUT2D eigenvalue weighted by Gasteiger charge is 2.47. The molecule has 0 amide bonds. The van der Waals surface area contributed by atoms with E-state index in [0.29, 0.717) is 30.5 Å². The normalized spacial score (nSPS) is 31.6. The summed E-state index contributed by atoms with van der Waals surface area (Å²) in [5.74, 6) is -3.19. The first kappa shape index (κ1) is 12.1. The lowest BCUT2D eigenvalue weighted by atomic mass is 9.82. The Morgan fingerprint density at radius 1 is 1.11 bits per heavy atom. The Bertz CT molecular complexity index is 432. The lowest BCUT2D eigenvalue weighted by molar-refractivity contribution is -0.0819. The summed E-state index contributed by atoms with van der Waals surface area (Å²) in [6.07, 6.45) is 3.34. The summed E-state index contributed by atoms with van der Waals surface area (Å²) < 4.78 is 29.3. The third-order valence-electron chi connectivity index (χ3n) is 4.49. The first-order valence-corrected chi connectivity index (χ1v) is 6.77. The zero-order valence-corrected chi connectivity index (χ0v) is 10.6. The first-order valence-electron chi connectivity index (χ1n) is 6.77. The van der Waals surface area contributed by atoms with Crippen molar-refractivity contribution in [3.8, 4) is 0 Å². The van der Waals surface area contributed by atoms with E-state index in [4.69, 9.17) is 0 Å². The number of alkyl halides is 2. The van der Waals surface area contributed by atoms with Gasteiger partial charge in [-0.05, 0) is 38.2 Å². The molecule has 0 aliphatic carbocycles. The van der Waals surface area contributed by atoms with Crippen molar-refractivity contribution in [2.45, 2.75) is 50.6 Å². The summed E-state index contributed by atoms with van der Waals surface area (Å²) in [7, 11) is 0. The minimum absolute atomic E-state index is 0.219. The van der Waals surface area contributed by atoms with Crippen molar-refractivity contribution in [3.05, 3.63) is 35.4 Å². The smallest absolute Gasteiger partial charge is 0.276 e. The van der Waals surface area contributed by atoms with Crippen LogP contribution in [-0.4, -0.2) is 12.1 Å². The highest BCUT2D eigenvalue weighted by atomic mass is 19.3. The van der Waals surface area contributed by atoms with Gasteiger partial charge in [0.05, 0.1) is 0 Å². The Balaban J connectivity index is 1.88. The van der Waals surface area contributed by atoms with Crippen molar-refractivity contribution in [3.63, 3.8) is 0 Å². The Morgan fingerprint density at radius 2 is 1.72 bits per heavy atom. The SMILES string of the molecule is Cc1ccccc1C(F)(F)C1CC2CCC(C1)N2. The molecule has 1 aromatic rings.